The van der Waals surface area contributed by atoms with E-state index in [0.29, 0.717) is 10.7 Å². The van der Waals surface area contributed by atoms with Crippen LogP contribution in [0.3, 0.4) is 0 Å². The van der Waals surface area contributed by atoms with Gasteiger partial charge in [-0.1, -0.05) is 11.6 Å². The Balaban J connectivity index is 2.06. The summed E-state index contributed by atoms with van der Waals surface area (Å²) in [5, 5.41) is 38.9. The molecular formula is C15H12ClN7O6. The molecule has 0 saturated carbocycles. The Bertz CT molecular complexity index is 1010. The van der Waals surface area contributed by atoms with Crippen LogP contribution < -0.4 is 15.1 Å². The number of nitro benzene ring substituents is 2. The molecule has 0 amide bonds. The van der Waals surface area contributed by atoms with Crippen LogP contribution in [-0.2, 0) is 0 Å². The van der Waals surface area contributed by atoms with Crippen molar-refractivity contribution in [1.82, 2.24) is 5.32 Å². The van der Waals surface area contributed by atoms with Gasteiger partial charge < -0.3 is 10.2 Å². The Morgan fingerprint density at radius 3 is 2.28 bits per heavy atom. The molecule has 1 N–H and O–H groups in total. The van der Waals surface area contributed by atoms with Crippen molar-refractivity contribution in [3.05, 3.63) is 77.8 Å². The number of rotatable bonds is 5. The van der Waals surface area contributed by atoms with Crippen LogP contribution in [0.1, 0.15) is 0 Å². The number of nitrogens with zero attached hydrogens (tertiary/aromatic N) is 6. The maximum atomic E-state index is 11.5. The SMILES string of the molecule is O=[N+]([O-])/N=C1\NCN(c2ccc(Cl)cc2)CN1c1ccc([N+](=O)[O-])cc1[N+](=O)[O-]. The third kappa shape index (κ3) is 4.30. The predicted octanol–water partition coefficient (Wildman–Crippen LogP) is 2.54. The lowest BCUT2D eigenvalue weighted by molar-refractivity contribution is -0.485. The summed E-state index contributed by atoms with van der Waals surface area (Å²) in [6.07, 6.45) is 0. The fourth-order valence-corrected chi connectivity index (χ4v) is 2.86. The van der Waals surface area contributed by atoms with Gasteiger partial charge in [-0.3, -0.25) is 25.1 Å². The topological polar surface area (TPSA) is 160 Å². The number of non-ortho nitro benzene ring substituents is 1. The number of anilines is 2. The van der Waals surface area contributed by atoms with Gasteiger partial charge >= 0.3 is 0 Å². The van der Waals surface area contributed by atoms with Crippen LogP contribution in [0.4, 0.5) is 22.7 Å². The van der Waals surface area contributed by atoms with Crippen molar-refractivity contribution in [1.29, 1.82) is 0 Å². The minimum Gasteiger partial charge on any atom is -0.336 e. The summed E-state index contributed by atoms with van der Waals surface area (Å²) in [6.45, 7) is 0.0888. The van der Waals surface area contributed by atoms with Gasteiger partial charge in [-0.2, -0.15) is 0 Å². The molecule has 0 radical (unpaired) electrons. The van der Waals surface area contributed by atoms with Crippen molar-refractivity contribution < 1.29 is 14.9 Å². The van der Waals surface area contributed by atoms with Gasteiger partial charge in [0.05, 0.1) is 22.6 Å². The molecule has 14 heteroatoms. The first-order valence-corrected chi connectivity index (χ1v) is 8.32. The van der Waals surface area contributed by atoms with Crippen molar-refractivity contribution in [3.63, 3.8) is 0 Å². The van der Waals surface area contributed by atoms with Crippen molar-refractivity contribution >= 4 is 40.3 Å². The van der Waals surface area contributed by atoms with Crippen molar-refractivity contribution in [2.75, 3.05) is 23.1 Å². The van der Waals surface area contributed by atoms with Gasteiger partial charge in [-0.25, -0.2) is 10.1 Å². The normalized spacial score (nSPS) is 15.1. The van der Waals surface area contributed by atoms with Crippen LogP contribution in [-0.4, -0.2) is 34.2 Å². The van der Waals surface area contributed by atoms with E-state index in [1.54, 1.807) is 29.2 Å². The van der Waals surface area contributed by atoms with Crippen LogP contribution in [0.2, 0.25) is 5.02 Å². The summed E-state index contributed by atoms with van der Waals surface area (Å²) >= 11 is 5.88. The first-order valence-electron chi connectivity index (χ1n) is 7.94. The van der Waals surface area contributed by atoms with Crippen LogP contribution >= 0.6 is 11.6 Å². The third-order valence-corrected chi connectivity index (χ3v) is 4.27. The molecule has 0 aliphatic carbocycles. The molecule has 29 heavy (non-hydrogen) atoms. The zero-order chi connectivity index (χ0) is 21.1. The van der Waals surface area contributed by atoms with E-state index in [0.717, 1.165) is 18.2 Å². The Morgan fingerprint density at radius 2 is 1.69 bits per heavy atom. The average molecular weight is 422 g/mol. The van der Waals surface area contributed by atoms with Crippen molar-refractivity contribution in [2.45, 2.75) is 0 Å². The molecule has 1 fully saturated rings. The summed E-state index contributed by atoms with van der Waals surface area (Å²) in [5.74, 6) is -0.239. The van der Waals surface area contributed by atoms with Crippen molar-refractivity contribution in [3.8, 4) is 0 Å². The maximum Gasteiger partial charge on any atom is 0.299 e. The maximum absolute atomic E-state index is 11.5. The predicted molar refractivity (Wildman–Crippen MR) is 103 cm³/mol. The van der Waals surface area contributed by atoms with Gasteiger partial charge in [0.15, 0.2) is 5.03 Å². The number of halogens is 1. The van der Waals surface area contributed by atoms with E-state index in [1.165, 1.54) is 4.90 Å². The number of guanidine groups is 1. The van der Waals surface area contributed by atoms with E-state index in [-0.39, 0.29) is 25.0 Å². The highest BCUT2D eigenvalue weighted by molar-refractivity contribution is 6.30. The Morgan fingerprint density at radius 1 is 1.00 bits per heavy atom. The second-order valence-electron chi connectivity index (χ2n) is 5.77. The number of benzene rings is 2. The number of hydrogen-bond acceptors (Lipinski definition) is 7. The molecule has 0 atom stereocenters. The standard InChI is InChI=1S/C15H12ClN7O6/c16-10-1-3-11(4-2-10)19-8-17-15(18-23(28)29)20(9-19)13-6-5-12(21(24)25)7-14(13)22(26)27/h1-7H,8-9H2,(H,17,18). The highest BCUT2D eigenvalue weighted by Gasteiger charge is 2.32. The molecule has 2 aromatic carbocycles. The molecule has 0 aromatic heterocycles. The molecule has 0 spiro atoms. The fraction of sp³-hybridized carbons (Fsp3) is 0.133. The summed E-state index contributed by atoms with van der Waals surface area (Å²) in [5.41, 5.74) is -0.466. The molecule has 1 saturated heterocycles. The average Bonchev–Trinajstić information content (AvgIpc) is 2.68. The van der Waals surface area contributed by atoms with Crippen LogP contribution in [0.25, 0.3) is 0 Å². The Kier molecular flexibility index (Phi) is 5.40. The Labute approximate surface area is 167 Å². The van der Waals surface area contributed by atoms with Gasteiger partial charge in [-0.15, -0.1) is 0 Å². The second-order valence-corrected chi connectivity index (χ2v) is 6.21. The zero-order valence-electron chi connectivity index (χ0n) is 14.5. The quantitative estimate of drug-likeness (QED) is 0.564. The Hall–Kier alpha value is -4.00. The summed E-state index contributed by atoms with van der Waals surface area (Å²) in [4.78, 5) is 34.7. The molecule has 0 bridgehead atoms. The van der Waals surface area contributed by atoms with E-state index >= 15 is 0 Å². The van der Waals surface area contributed by atoms with Gasteiger partial charge in [0.25, 0.3) is 17.3 Å². The summed E-state index contributed by atoms with van der Waals surface area (Å²) < 4.78 is 0. The van der Waals surface area contributed by atoms with Gasteiger partial charge in [0.1, 0.15) is 17.5 Å². The summed E-state index contributed by atoms with van der Waals surface area (Å²) in [6, 6.07) is 9.74. The number of hydrogen-bond donors (Lipinski definition) is 1. The molecular weight excluding hydrogens is 410 g/mol. The van der Waals surface area contributed by atoms with E-state index in [9.17, 15) is 30.3 Å². The minimum absolute atomic E-state index is 0.0417. The number of hydrazone groups is 1. The monoisotopic (exact) mass is 421 g/mol. The molecule has 3 rings (SSSR count). The highest BCUT2D eigenvalue weighted by Crippen LogP contribution is 2.33. The molecule has 1 aliphatic rings. The van der Waals surface area contributed by atoms with E-state index in [4.69, 9.17) is 11.6 Å². The summed E-state index contributed by atoms with van der Waals surface area (Å²) in [7, 11) is 0. The van der Waals surface area contributed by atoms with Gasteiger partial charge in [0.2, 0.25) is 0 Å². The zero-order valence-corrected chi connectivity index (χ0v) is 15.2. The molecule has 1 heterocycles. The van der Waals surface area contributed by atoms with E-state index in [2.05, 4.69) is 10.4 Å². The van der Waals surface area contributed by atoms with Crippen LogP contribution in [0.5, 0.6) is 0 Å². The van der Waals surface area contributed by atoms with Gasteiger partial charge in [0, 0.05) is 16.8 Å². The van der Waals surface area contributed by atoms with E-state index in [1.807, 2.05) is 0 Å². The lowest BCUT2D eigenvalue weighted by Gasteiger charge is -2.37. The smallest absolute Gasteiger partial charge is 0.299 e. The van der Waals surface area contributed by atoms with Crippen molar-refractivity contribution in [2.24, 2.45) is 5.10 Å². The lowest BCUT2D eigenvalue weighted by Crippen LogP contribution is -2.57. The molecule has 1 aliphatic heterocycles. The molecule has 13 nitrogen and oxygen atoms in total. The molecule has 2 aromatic rings. The first-order chi connectivity index (χ1) is 13.8. The van der Waals surface area contributed by atoms with E-state index < -0.39 is 26.3 Å². The second kappa shape index (κ2) is 7.93. The van der Waals surface area contributed by atoms with Crippen LogP contribution in [0.15, 0.2) is 47.6 Å². The number of nitro groups is 3. The molecule has 0 unspecified atom stereocenters. The largest absolute Gasteiger partial charge is 0.336 e. The fourth-order valence-electron chi connectivity index (χ4n) is 2.73. The van der Waals surface area contributed by atoms with Crippen LogP contribution in [0, 0.1) is 30.3 Å². The third-order valence-electron chi connectivity index (χ3n) is 4.02. The van der Waals surface area contributed by atoms with Gasteiger partial charge in [-0.05, 0) is 30.3 Å². The first kappa shape index (κ1) is 19.8. The lowest BCUT2D eigenvalue weighted by atomic mass is 10.2. The number of nitrogens with one attached hydrogen (secondary N) is 1. The molecule has 150 valence electrons. The highest BCUT2D eigenvalue weighted by atomic mass is 35.5. The minimum atomic E-state index is -0.940.